The summed E-state index contributed by atoms with van der Waals surface area (Å²) in [5.74, 6) is 0.660. The molecule has 0 amide bonds. The lowest BCUT2D eigenvalue weighted by Crippen LogP contribution is -1.91. The molecule has 0 bridgehead atoms. The smallest absolute Gasteiger partial charge is 0.236 e. The summed E-state index contributed by atoms with van der Waals surface area (Å²) in [6.45, 7) is 1.88. The maximum atomic E-state index is 9.25. The SMILES string of the molecule is Cc1ccnc2ncc(O)n12. The number of fused-ring (bicyclic) bond motifs is 1. The molecule has 0 radical (unpaired) electrons. The minimum atomic E-state index is 0.130. The van der Waals surface area contributed by atoms with Crippen molar-refractivity contribution in [1.82, 2.24) is 14.4 Å². The topological polar surface area (TPSA) is 50.4 Å². The first-order valence-corrected chi connectivity index (χ1v) is 3.27. The van der Waals surface area contributed by atoms with Crippen LogP contribution in [0.1, 0.15) is 5.69 Å². The van der Waals surface area contributed by atoms with Crippen molar-refractivity contribution in [2.45, 2.75) is 6.92 Å². The van der Waals surface area contributed by atoms with Gasteiger partial charge in [0, 0.05) is 11.9 Å². The number of aromatic nitrogens is 3. The highest BCUT2D eigenvalue weighted by molar-refractivity contribution is 5.35. The zero-order valence-corrected chi connectivity index (χ0v) is 6.02. The molecule has 0 spiro atoms. The number of aryl methyl sites for hydroxylation is 1. The zero-order chi connectivity index (χ0) is 7.84. The van der Waals surface area contributed by atoms with Gasteiger partial charge >= 0.3 is 0 Å². The lowest BCUT2D eigenvalue weighted by atomic mass is 10.4. The summed E-state index contributed by atoms with van der Waals surface area (Å²) in [5, 5.41) is 9.25. The fraction of sp³-hybridized carbons (Fsp3) is 0.143. The monoisotopic (exact) mass is 149 g/mol. The Morgan fingerprint density at radius 1 is 1.45 bits per heavy atom. The second-order valence-electron chi connectivity index (χ2n) is 2.34. The van der Waals surface area contributed by atoms with Gasteiger partial charge in [-0.2, -0.15) is 0 Å². The van der Waals surface area contributed by atoms with Crippen LogP contribution in [-0.4, -0.2) is 19.5 Å². The van der Waals surface area contributed by atoms with E-state index in [9.17, 15) is 5.11 Å². The van der Waals surface area contributed by atoms with E-state index in [1.165, 1.54) is 6.20 Å². The molecule has 1 N–H and O–H groups in total. The molecule has 0 fully saturated rings. The Morgan fingerprint density at radius 2 is 2.27 bits per heavy atom. The molecule has 0 aliphatic rings. The number of hydrogen-bond acceptors (Lipinski definition) is 3. The Balaban J connectivity index is 2.96. The first kappa shape index (κ1) is 6.15. The van der Waals surface area contributed by atoms with Gasteiger partial charge in [0.25, 0.3) is 0 Å². The van der Waals surface area contributed by atoms with Crippen LogP contribution in [0.2, 0.25) is 0 Å². The van der Waals surface area contributed by atoms with E-state index < -0.39 is 0 Å². The van der Waals surface area contributed by atoms with Gasteiger partial charge < -0.3 is 5.11 Å². The highest BCUT2D eigenvalue weighted by Gasteiger charge is 2.02. The van der Waals surface area contributed by atoms with Crippen molar-refractivity contribution in [3.05, 3.63) is 24.2 Å². The fourth-order valence-corrected chi connectivity index (χ4v) is 1.05. The maximum absolute atomic E-state index is 9.25. The number of hydrogen-bond donors (Lipinski definition) is 1. The van der Waals surface area contributed by atoms with Gasteiger partial charge in [-0.1, -0.05) is 0 Å². The number of imidazole rings is 1. The molecule has 11 heavy (non-hydrogen) atoms. The minimum Gasteiger partial charge on any atom is -0.493 e. The second kappa shape index (κ2) is 1.95. The Morgan fingerprint density at radius 3 is 3.00 bits per heavy atom. The molecule has 2 aromatic rings. The van der Waals surface area contributed by atoms with Crippen LogP contribution in [-0.2, 0) is 0 Å². The average Bonchev–Trinajstić information content (AvgIpc) is 2.34. The lowest BCUT2D eigenvalue weighted by molar-refractivity contribution is 0.446. The molecule has 0 aliphatic heterocycles. The largest absolute Gasteiger partial charge is 0.493 e. The Bertz CT molecular complexity index is 393. The average molecular weight is 149 g/mol. The summed E-state index contributed by atoms with van der Waals surface area (Å²) in [6, 6.07) is 1.81. The first-order valence-electron chi connectivity index (χ1n) is 3.27. The van der Waals surface area contributed by atoms with Crippen LogP contribution < -0.4 is 0 Å². The molecule has 2 aromatic heterocycles. The van der Waals surface area contributed by atoms with Gasteiger partial charge in [0.15, 0.2) is 0 Å². The summed E-state index contributed by atoms with van der Waals surface area (Å²) >= 11 is 0. The van der Waals surface area contributed by atoms with Crippen molar-refractivity contribution in [3.63, 3.8) is 0 Å². The van der Waals surface area contributed by atoms with Gasteiger partial charge in [0.2, 0.25) is 11.7 Å². The van der Waals surface area contributed by atoms with Crippen LogP contribution in [0.4, 0.5) is 0 Å². The van der Waals surface area contributed by atoms with Gasteiger partial charge in [-0.15, -0.1) is 0 Å². The summed E-state index contributed by atoms with van der Waals surface area (Å²) in [5.41, 5.74) is 0.921. The van der Waals surface area contributed by atoms with Crippen LogP contribution >= 0.6 is 0 Å². The molecule has 4 heteroatoms. The fourth-order valence-electron chi connectivity index (χ4n) is 1.05. The highest BCUT2D eigenvalue weighted by atomic mass is 16.3. The van der Waals surface area contributed by atoms with Crippen LogP contribution in [0.15, 0.2) is 18.5 Å². The summed E-state index contributed by atoms with van der Waals surface area (Å²) in [4.78, 5) is 7.84. The Hall–Kier alpha value is -1.58. The van der Waals surface area contributed by atoms with Crippen molar-refractivity contribution < 1.29 is 5.11 Å². The minimum absolute atomic E-state index is 0.130. The van der Waals surface area contributed by atoms with Gasteiger partial charge in [0.05, 0.1) is 6.20 Å². The molecule has 56 valence electrons. The predicted octanol–water partition coefficient (Wildman–Crippen LogP) is 0.743. The molecule has 0 saturated heterocycles. The molecule has 2 rings (SSSR count). The van der Waals surface area contributed by atoms with E-state index in [4.69, 9.17) is 0 Å². The second-order valence-corrected chi connectivity index (χ2v) is 2.34. The van der Waals surface area contributed by atoms with E-state index in [0.717, 1.165) is 5.69 Å². The van der Waals surface area contributed by atoms with Crippen molar-refractivity contribution >= 4 is 5.78 Å². The van der Waals surface area contributed by atoms with Crippen molar-refractivity contribution in [2.24, 2.45) is 0 Å². The molecule has 2 heterocycles. The summed E-state index contributed by atoms with van der Waals surface area (Å²) in [6.07, 6.45) is 3.05. The van der Waals surface area contributed by atoms with E-state index in [1.54, 1.807) is 10.6 Å². The van der Waals surface area contributed by atoms with Gasteiger partial charge in [-0.3, -0.25) is 4.40 Å². The summed E-state index contributed by atoms with van der Waals surface area (Å²) in [7, 11) is 0. The van der Waals surface area contributed by atoms with E-state index in [1.807, 2.05) is 13.0 Å². The Labute approximate surface area is 63.1 Å². The zero-order valence-electron chi connectivity index (χ0n) is 6.02. The van der Waals surface area contributed by atoms with Gasteiger partial charge in [-0.25, -0.2) is 9.97 Å². The van der Waals surface area contributed by atoms with Crippen LogP contribution in [0.3, 0.4) is 0 Å². The van der Waals surface area contributed by atoms with Crippen molar-refractivity contribution in [1.29, 1.82) is 0 Å². The third kappa shape index (κ3) is 0.756. The maximum Gasteiger partial charge on any atom is 0.236 e. The third-order valence-corrected chi connectivity index (χ3v) is 1.58. The molecule has 0 unspecified atom stereocenters. The van der Waals surface area contributed by atoms with E-state index in [0.29, 0.717) is 5.78 Å². The number of nitrogens with zero attached hydrogens (tertiary/aromatic N) is 3. The molecule has 0 aromatic carbocycles. The number of rotatable bonds is 0. The molecule has 0 atom stereocenters. The van der Waals surface area contributed by atoms with Crippen molar-refractivity contribution in [2.75, 3.05) is 0 Å². The molecular formula is C7H7N3O. The van der Waals surface area contributed by atoms with Crippen LogP contribution in [0, 0.1) is 6.92 Å². The summed E-state index contributed by atoms with van der Waals surface area (Å²) < 4.78 is 1.58. The normalized spacial score (nSPS) is 10.6. The van der Waals surface area contributed by atoms with Crippen LogP contribution in [0.25, 0.3) is 5.78 Å². The third-order valence-electron chi connectivity index (χ3n) is 1.58. The predicted molar refractivity (Wildman–Crippen MR) is 39.4 cm³/mol. The van der Waals surface area contributed by atoms with E-state index in [2.05, 4.69) is 9.97 Å². The van der Waals surface area contributed by atoms with Gasteiger partial charge in [0.1, 0.15) is 0 Å². The molecule has 4 nitrogen and oxygen atoms in total. The van der Waals surface area contributed by atoms with Gasteiger partial charge in [-0.05, 0) is 13.0 Å². The van der Waals surface area contributed by atoms with Crippen LogP contribution in [0.5, 0.6) is 5.88 Å². The number of aromatic hydroxyl groups is 1. The van der Waals surface area contributed by atoms with E-state index >= 15 is 0 Å². The first-order chi connectivity index (χ1) is 5.29. The standard InChI is InChI=1S/C7H7N3O/c1-5-2-3-8-7-9-4-6(11)10(5)7/h2-4,11H,1H3. The molecular weight excluding hydrogens is 142 g/mol. The molecule has 0 aliphatic carbocycles. The van der Waals surface area contributed by atoms with Crippen molar-refractivity contribution in [3.8, 4) is 5.88 Å². The van der Waals surface area contributed by atoms with E-state index in [-0.39, 0.29) is 5.88 Å². The highest BCUT2D eigenvalue weighted by Crippen LogP contribution is 2.12. The molecule has 0 saturated carbocycles. The quantitative estimate of drug-likeness (QED) is 0.601. The Kier molecular flexibility index (Phi) is 1.09. The lowest BCUT2D eigenvalue weighted by Gasteiger charge is -1.97.